The second-order valence-electron chi connectivity index (χ2n) is 2.99. The summed E-state index contributed by atoms with van der Waals surface area (Å²) >= 11 is 0. The van der Waals surface area contributed by atoms with Crippen LogP contribution in [0.5, 0.6) is 0 Å². The van der Waals surface area contributed by atoms with E-state index >= 15 is 0 Å². The van der Waals surface area contributed by atoms with Crippen LogP contribution in [0.1, 0.15) is 19.8 Å². The molecule has 0 atom stereocenters. The Morgan fingerprint density at radius 1 is 1.36 bits per heavy atom. The number of unbranched alkanes of at least 4 members (excludes halogenated alkanes) is 1. The zero-order valence-electron chi connectivity index (χ0n) is 8.14. The van der Waals surface area contributed by atoms with E-state index in [1.54, 1.807) is 0 Å². The molecule has 0 aliphatic carbocycles. The normalized spacial score (nSPS) is 9.93. The van der Waals surface area contributed by atoms with Crippen LogP contribution < -0.4 is 10.8 Å². The highest BCUT2D eigenvalue weighted by atomic mass is 16.4. The SMILES string of the molecule is CCCCNc1ncc(B(O)O)cn1. The summed E-state index contributed by atoms with van der Waals surface area (Å²) in [6.07, 6.45) is 4.96. The van der Waals surface area contributed by atoms with Gasteiger partial charge in [0.2, 0.25) is 5.95 Å². The smallest absolute Gasteiger partial charge is 0.423 e. The fourth-order valence-electron chi connectivity index (χ4n) is 0.940. The van der Waals surface area contributed by atoms with Gasteiger partial charge in [-0.05, 0) is 6.42 Å². The summed E-state index contributed by atoms with van der Waals surface area (Å²) in [5, 5.41) is 20.6. The fourth-order valence-corrected chi connectivity index (χ4v) is 0.940. The maximum atomic E-state index is 8.78. The molecule has 5 nitrogen and oxygen atoms in total. The number of nitrogens with one attached hydrogen (secondary N) is 1. The third kappa shape index (κ3) is 3.31. The fraction of sp³-hybridized carbons (Fsp3) is 0.500. The van der Waals surface area contributed by atoms with Crippen molar-refractivity contribution in [2.75, 3.05) is 11.9 Å². The van der Waals surface area contributed by atoms with E-state index in [2.05, 4.69) is 22.2 Å². The Morgan fingerprint density at radius 2 is 2.00 bits per heavy atom. The van der Waals surface area contributed by atoms with Crippen molar-refractivity contribution in [3.63, 3.8) is 0 Å². The van der Waals surface area contributed by atoms with Crippen LogP contribution in [0.3, 0.4) is 0 Å². The van der Waals surface area contributed by atoms with Crippen molar-refractivity contribution < 1.29 is 10.0 Å². The number of hydrogen-bond donors (Lipinski definition) is 3. The zero-order chi connectivity index (χ0) is 10.4. The van der Waals surface area contributed by atoms with Crippen LogP contribution in [0.4, 0.5) is 5.95 Å². The number of rotatable bonds is 5. The Bertz CT molecular complexity index is 266. The Morgan fingerprint density at radius 3 is 2.50 bits per heavy atom. The van der Waals surface area contributed by atoms with Gasteiger partial charge in [0.1, 0.15) is 0 Å². The van der Waals surface area contributed by atoms with Crippen LogP contribution in [-0.2, 0) is 0 Å². The van der Waals surface area contributed by atoms with Crippen molar-refractivity contribution in [1.29, 1.82) is 0 Å². The van der Waals surface area contributed by atoms with Crippen LogP contribution in [0.2, 0.25) is 0 Å². The summed E-state index contributed by atoms with van der Waals surface area (Å²) in [7, 11) is -1.50. The largest absolute Gasteiger partial charge is 0.491 e. The summed E-state index contributed by atoms with van der Waals surface area (Å²) < 4.78 is 0. The third-order valence-electron chi connectivity index (χ3n) is 1.78. The standard InChI is InChI=1S/C8H14BN3O2/c1-2-3-4-10-8-11-5-7(6-12-8)9(13)14/h5-6,13-14H,2-4H2,1H3,(H,10,11,12). The van der Waals surface area contributed by atoms with E-state index in [0.717, 1.165) is 19.4 Å². The van der Waals surface area contributed by atoms with Crippen molar-refractivity contribution >= 4 is 18.5 Å². The van der Waals surface area contributed by atoms with Gasteiger partial charge in [-0.3, -0.25) is 0 Å². The van der Waals surface area contributed by atoms with Gasteiger partial charge in [-0.2, -0.15) is 0 Å². The lowest BCUT2D eigenvalue weighted by molar-refractivity contribution is 0.425. The summed E-state index contributed by atoms with van der Waals surface area (Å²) in [6.45, 7) is 2.94. The first-order chi connectivity index (χ1) is 6.74. The van der Waals surface area contributed by atoms with Gasteiger partial charge in [0.15, 0.2) is 0 Å². The van der Waals surface area contributed by atoms with Crippen molar-refractivity contribution in [1.82, 2.24) is 9.97 Å². The summed E-state index contributed by atoms with van der Waals surface area (Å²) in [6, 6.07) is 0. The Balaban J connectivity index is 2.47. The van der Waals surface area contributed by atoms with E-state index in [-0.39, 0.29) is 0 Å². The molecule has 0 aliphatic rings. The van der Waals surface area contributed by atoms with Crippen molar-refractivity contribution in [3.05, 3.63) is 12.4 Å². The molecule has 6 heteroatoms. The summed E-state index contributed by atoms with van der Waals surface area (Å²) in [4.78, 5) is 7.86. The molecule has 1 aromatic rings. The molecule has 1 heterocycles. The van der Waals surface area contributed by atoms with Crippen molar-refractivity contribution in [3.8, 4) is 0 Å². The predicted octanol–water partition coefficient (Wildman–Crippen LogP) is -0.632. The maximum Gasteiger partial charge on any atom is 0.491 e. The molecule has 0 bridgehead atoms. The molecule has 0 radical (unpaired) electrons. The van der Waals surface area contributed by atoms with Gasteiger partial charge in [0, 0.05) is 24.4 Å². The van der Waals surface area contributed by atoms with Gasteiger partial charge in [-0.1, -0.05) is 13.3 Å². The molecule has 0 unspecified atom stereocenters. The molecule has 0 fully saturated rings. The number of aromatic nitrogens is 2. The molecule has 0 saturated carbocycles. The molecule has 0 aromatic carbocycles. The average molecular weight is 195 g/mol. The average Bonchev–Trinajstić information content (AvgIpc) is 2.19. The third-order valence-corrected chi connectivity index (χ3v) is 1.78. The highest BCUT2D eigenvalue weighted by Gasteiger charge is 2.11. The Labute approximate surface area is 83.4 Å². The number of anilines is 1. The van der Waals surface area contributed by atoms with E-state index < -0.39 is 7.12 Å². The van der Waals surface area contributed by atoms with Gasteiger partial charge in [0.05, 0.1) is 0 Å². The van der Waals surface area contributed by atoms with E-state index in [4.69, 9.17) is 10.0 Å². The number of nitrogens with zero attached hydrogens (tertiary/aromatic N) is 2. The first-order valence-corrected chi connectivity index (χ1v) is 4.66. The van der Waals surface area contributed by atoms with Crippen LogP contribution >= 0.6 is 0 Å². The predicted molar refractivity (Wildman–Crippen MR) is 55.3 cm³/mol. The minimum absolute atomic E-state index is 0.297. The molecule has 1 rings (SSSR count). The highest BCUT2D eigenvalue weighted by molar-refractivity contribution is 6.58. The van der Waals surface area contributed by atoms with Crippen LogP contribution in [0, 0.1) is 0 Å². The van der Waals surface area contributed by atoms with Gasteiger partial charge in [-0.25, -0.2) is 9.97 Å². The van der Waals surface area contributed by atoms with E-state index in [1.807, 2.05) is 0 Å². The van der Waals surface area contributed by atoms with Gasteiger partial charge in [-0.15, -0.1) is 0 Å². The first kappa shape index (κ1) is 10.9. The van der Waals surface area contributed by atoms with Crippen LogP contribution in [-0.4, -0.2) is 33.7 Å². The minimum atomic E-state index is -1.50. The molecular weight excluding hydrogens is 181 g/mol. The topological polar surface area (TPSA) is 78.3 Å². The first-order valence-electron chi connectivity index (χ1n) is 4.66. The maximum absolute atomic E-state index is 8.78. The van der Waals surface area contributed by atoms with E-state index in [9.17, 15) is 0 Å². The molecule has 1 aromatic heterocycles. The lowest BCUT2D eigenvalue weighted by Crippen LogP contribution is -2.30. The molecule has 76 valence electrons. The van der Waals surface area contributed by atoms with E-state index in [1.165, 1.54) is 12.4 Å². The van der Waals surface area contributed by atoms with Gasteiger partial charge >= 0.3 is 7.12 Å². The van der Waals surface area contributed by atoms with E-state index in [0.29, 0.717) is 11.4 Å². The van der Waals surface area contributed by atoms with Gasteiger partial charge in [0.25, 0.3) is 0 Å². The van der Waals surface area contributed by atoms with Crippen molar-refractivity contribution in [2.45, 2.75) is 19.8 Å². The van der Waals surface area contributed by atoms with Crippen molar-refractivity contribution in [2.24, 2.45) is 0 Å². The summed E-state index contributed by atoms with van der Waals surface area (Å²) in [5.41, 5.74) is 0.297. The lowest BCUT2D eigenvalue weighted by Gasteiger charge is -2.03. The minimum Gasteiger partial charge on any atom is -0.423 e. The lowest BCUT2D eigenvalue weighted by atomic mass is 9.83. The van der Waals surface area contributed by atoms with Crippen LogP contribution in [0.15, 0.2) is 12.4 Å². The Kier molecular flexibility index (Phi) is 4.35. The molecule has 0 spiro atoms. The second-order valence-corrected chi connectivity index (χ2v) is 2.99. The zero-order valence-corrected chi connectivity index (χ0v) is 8.14. The molecule has 14 heavy (non-hydrogen) atoms. The quantitative estimate of drug-likeness (QED) is 0.430. The highest BCUT2D eigenvalue weighted by Crippen LogP contribution is 1.94. The molecule has 0 saturated heterocycles. The Hall–Kier alpha value is -1.14. The molecule has 0 amide bonds. The molecule has 0 aliphatic heterocycles. The molecular formula is C8H14BN3O2. The molecule has 3 N–H and O–H groups in total. The summed E-state index contributed by atoms with van der Waals surface area (Å²) in [5.74, 6) is 0.517. The monoisotopic (exact) mass is 195 g/mol. The van der Waals surface area contributed by atoms with Crippen LogP contribution in [0.25, 0.3) is 0 Å². The number of hydrogen-bond acceptors (Lipinski definition) is 5. The van der Waals surface area contributed by atoms with Gasteiger partial charge < -0.3 is 15.4 Å². The second kappa shape index (κ2) is 5.56.